The zero-order chi connectivity index (χ0) is 34.3. The number of anilines is 3. The molecular weight excluding hydrogens is 560 g/mol. The number of ether oxygens (including phenoxy) is 2. The quantitative estimate of drug-likeness (QED) is 0.279. The van der Waals surface area contributed by atoms with Crippen molar-refractivity contribution in [1.29, 1.82) is 5.26 Å². The second-order valence-corrected chi connectivity index (χ2v) is 18.4. The van der Waals surface area contributed by atoms with E-state index in [-0.39, 0.29) is 29.1 Å². The molecule has 1 amide bonds. The Kier molecular flexibility index (Phi) is 7.49. The third kappa shape index (κ3) is 6.81. The smallest absolute Gasteiger partial charge is 0.414 e. The number of carbonyl (C=O) groups excluding carboxylic acids is 1. The number of nitriles is 1. The molecule has 4 rings (SSSR count). The maximum absolute atomic E-state index is 13.5. The highest BCUT2D eigenvalue weighted by Crippen LogP contribution is 2.47. The number of benzene rings is 1. The molecule has 43 heavy (non-hydrogen) atoms. The van der Waals surface area contributed by atoms with Crippen molar-refractivity contribution in [1.82, 2.24) is 15.0 Å². The van der Waals surface area contributed by atoms with Crippen LogP contribution in [-0.4, -0.2) is 55.2 Å². The molecule has 0 bridgehead atoms. The second-order valence-electron chi connectivity index (χ2n) is 13.6. The van der Waals surface area contributed by atoms with Gasteiger partial charge in [0, 0.05) is 36.5 Å². The van der Waals surface area contributed by atoms with Gasteiger partial charge >= 0.3 is 6.09 Å². The average molecular weight is 606 g/mol. The summed E-state index contributed by atoms with van der Waals surface area (Å²) in [6, 6.07) is 10.9. The van der Waals surface area contributed by atoms with Crippen LogP contribution in [0.15, 0.2) is 42.7 Å². The van der Waals surface area contributed by atoms with Gasteiger partial charge in [-0.15, -0.1) is 0 Å². The summed E-state index contributed by atoms with van der Waals surface area (Å²) >= 11 is 0. The van der Waals surface area contributed by atoms with Crippen molar-refractivity contribution in [3.8, 4) is 23.2 Å². The molecule has 1 atom stereocenters. The predicted molar refractivity (Wildman–Crippen MR) is 170 cm³/mol. The molecule has 1 unspecified atom stereocenters. The second kappa shape index (κ2) is 11.6. The molecule has 0 saturated carbocycles. The number of nitrogens with one attached hydrogen (secondary N) is 1. The van der Waals surface area contributed by atoms with Crippen LogP contribution in [0.4, 0.5) is 22.1 Å². The first-order chi connectivity index (χ1) is 21.1. The van der Waals surface area contributed by atoms with Crippen molar-refractivity contribution in [3.05, 3.63) is 53.9 Å². The molecule has 1 aromatic carbocycles. The Bertz CT molecular complexity index is 1660. The molecule has 3 aromatic rings. The molecule has 0 aliphatic carbocycles. The van der Waals surface area contributed by atoms with Crippen molar-refractivity contribution < 1.29 is 22.8 Å². The highest BCUT2D eigenvalue weighted by Gasteiger charge is 2.47. The lowest BCUT2D eigenvalue weighted by molar-refractivity contribution is 0.0575. The molecule has 1 aliphatic heterocycles. The van der Waals surface area contributed by atoms with Gasteiger partial charge in [0.15, 0.2) is 8.32 Å². The van der Waals surface area contributed by atoms with Crippen molar-refractivity contribution >= 4 is 31.7 Å². The molecule has 1 aliphatic rings. The summed E-state index contributed by atoms with van der Waals surface area (Å²) in [5.74, 6) is 0.0415. The first-order valence-corrected chi connectivity index (χ1v) is 17.0. The fraction of sp³-hybridized carbons (Fsp3) is 0.469. The highest BCUT2D eigenvalue weighted by atomic mass is 28.4. The standard InChI is InChI=1S/C32H42N6O4Si/c1-30(2,3)42-29(39)38-19-32(7,20-41-43(9,10)31(4,5)6)23-17-21(16-22(18-33)26(23)38)24-13-15-35-28(36-24)37-25-12-11-14-34-27(25)40-8/h11-17H,19-20H2,1-10H3,(H,35,36,37)/i8D3. The van der Waals surface area contributed by atoms with E-state index in [0.29, 0.717) is 29.1 Å². The number of methoxy groups -OCH3 is 1. The summed E-state index contributed by atoms with van der Waals surface area (Å²) in [5, 5.41) is 13.3. The Balaban J connectivity index is 1.78. The van der Waals surface area contributed by atoms with Crippen LogP contribution in [-0.2, 0) is 14.6 Å². The van der Waals surface area contributed by atoms with Gasteiger partial charge in [-0.3, -0.25) is 4.90 Å². The molecule has 0 saturated heterocycles. The maximum Gasteiger partial charge on any atom is 0.414 e. The molecule has 0 radical (unpaired) electrons. The normalized spacial score (nSPS) is 18.1. The maximum atomic E-state index is 13.5. The van der Waals surface area contributed by atoms with Gasteiger partial charge in [-0.05, 0) is 74.8 Å². The van der Waals surface area contributed by atoms with Crippen molar-refractivity contribution in [2.24, 2.45) is 0 Å². The minimum absolute atomic E-state index is 0.0255. The van der Waals surface area contributed by atoms with Gasteiger partial charge in [0.2, 0.25) is 11.8 Å². The van der Waals surface area contributed by atoms with Crippen molar-refractivity contribution in [3.63, 3.8) is 0 Å². The van der Waals surface area contributed by atoms with Crippen LogP contribution in [0.1, 0.15) is 63.7 Å². The SMILES string of the molecule is [2H]C([2H])([2H])Oc1ncccc1Nc1nccc(-c2cc(C#N)c3c(c2)C(C)(CO[Si](C)(C)C(C)(C)C)CN3C(=O)OC(C)(C)C)n1. The molecule has 11 heteroatoms. The summed E-state index contributed by atoms with van der Waals surface area (Å²) < 4.78 is 39.8. The lowest BCUT2D eigenvalue weighted by Gasteiger charge is -2.39. The Morgan fingerprint density at radius 2 is 1.93 bits per heavy atom. The summed E-state index contributed by atoms with van der Waals surface area (Å²) in [4.78, 5) is 28.0. The molecule has 3 heterocycles. The monoisotopic (exact) mass is 605 g/mol. The summed E-state index contributed by atoms with van der Waals surface area (Å²) in [6.07, 6.45) is 2.44. The molecule has 1 N–H and O–H groups in total. The summed E-state index contributed by atoms with van der Waals surface area (Å²) in [5.41, 5.74) is 1.59. The van der Waals surface area contributed by atoms with E-state index in [9.17, 15) is 10.1 Å². The first kappa shape index (κ1) is 27.8. The minimum atomic E-state index is -2.69. The van der Waals surface area contributed by atoms with E-state index in [2.05, 4.69) is 60.2 Å². The summed E-state index contributed by atoms with van der Waals surface area (Å²) in [7, 11) is -4.87. The number of carbonyl (C=O) groups is 1. The lowest BCUT2D eigenvalue weighted by atomic mass is 9.83. The Hall–Kier alpha value is -4.01. The van der Waals surface area contributed by atoms with E-state index >= 15 is 0 Å². The number of fused-ring (bicyclic) bond motifs is 1. The fourth-order valence-electron chi connectivity index (χ4n) is 4.55. The largest absolute Gasteiger partial charge is 0.480 e. The zero-order valence-electron chi connectivity index (χ0n) is 29.3. The van der Waals surface area contributed by atoms with Gasteiger partial charge in [-0.25, -0.2) is 19.7 Å². The highest BCUT2D eigenvalue weighted by molar-refractivity contribution is 6.74. The number of hydrogen-bond acceptors (Lipinski definition) is 9. The predicted octanol–water partition coefficient (Wildman–Crippen LogP) is 7.20. The van der Waals surface area contributed by atoms with Crippen LogP contribution < -0.4 is 15.0 Å². The Labute approximate surface area is 259 Å². The van der Waals surface area contributed by atoms with Crippen LogP contribution in [0, 0.1) is 11.3 Å². The van der Waals surface area contributed by atoms with Crippen LogP contribution in [0.2, 0.25) is 18.1 Å². The molecule has 10 nitrogen and oxygen atoms in total. The number of aromatic nitrogens is 3. The minimum Gasteiger partial charge on any atom is -0.480 e. The van der Waals surface area contributed by atoms with Crippen LogP contribution in [0.5, 0.6) is 5.88 Å². The molecule has 0 fully saturated rings. The van der Waals surface area contributed by atoms with Crippen LogP contribution in [0.3, 0.4) is 0 Å². The van der Waals surface area contributed by atoms with E-state index in [4.69, 9.17) is 18.0 Å². The number of hydrogen-bond donors (Lipinski definition) is 1. The van der Waals surface area contributed by atoms with Gasteiger partial charge in [0.25, 0.3) is 0 Å². The van der Waals surface area contributed by atoms with Gasteiger partial charge in [-0.2, -0.15) is 5.26 Å². The number of rotatable bonds is 7. The first-order valence-electron chi connectivity index (χ1n) is 15.6. The molecule has 2 aromatic heterocycles. The van der Waals surface area contributed by atoms with E-state index in [0.717, 1.165) is 5.56 Å². The van der Waals surface area contributed by atoms with Gasteiger partial charge < -0.3 is 19.2 Å². The topological polar surface area (TPSA) is 122 Å². The van der Waals surface area contributed by atoms with E-state index in [1.165, 1.54) is 6.20 Å². The van der Waals surface area contributed by atoms with E-state index < -0.39 is 32.5 Å². The third-order valence-corrected chi connectivity index (χ3v) is 12.4. The van der Waals surface area contributed by atoms with E-state index in [1.54, 1.807) is 56.1 Å². The Morgan fingerprint density at radius 3 is 2.58 bits per heavy atom. The fourth-order valence-corrected chi connectivity index (χ4v) is 5.66. The number of nitrogens with zero attached hydrogens (tertiary/aromatic N) is 5. The number of pyridine rings is 1. The van der Waals surface area contributed by atoms with Crippen molar-refractivity contribution in [2.75, 3.05) is 30.4 Å². The van der Waals surface area contributed by atoms with E-state index in [1.807, 2.05) is 13.0 Å². The van der Waals surface area contributed by atoms with Crippen LogP contribution in [0.25, 0.3) is 11.3 Å². The lowest BCUT2D eigenvalue weighted by Crippen LogP contribution is -2.46. The van der Waals surface area contributed by atoms with Crippen molar-refractivity contribution in [2.45, 2.75) is 77.6 Å². The number of amides is 1. The van der Waals surface area contributed by atoms with Gasteiger partial charge in [0.05, 0.1) is 28.1 Å². The van der Waals surface area contributed by atoms with Crippen LogP contribution >= 0.6 is 0 Å². The third-order valence-electron chi connectivity index (χ3n) is 7.89. The molecule has 0 spiro atoms. The zero-order valence-corrected chi connectivity index (χ0v) is 27.3. The molecule has 228 valence electrons. The average Bonchev–Trinajstić information content (AvgIpc) is 3.23. The Morgan fingerprint density at radius 1 is 1.19 bits per heavy atom. The van der Waals surface area contributed by atoms with Gasteiger partial charge in [0.1, 0.15) is 17.4 Å². The van der Waals surface area contributed by atoms with Gasteiger partial charge in [-0.1, -0.05) is 27.7 Å². The summed E-state index contributed by atoms with van der Waals surface area (Å²) in [6.45, 7) is 19.0. The molecular formula is C32H42N6O4Si.